The molecule has 1 heterocycles. The Bertz CT molecular complexity index is 1390. The number of rotatable bonds is 5. The maximum Gasteiger partial charge on any atom is 0.174 e. The van der Waals surface area contributed by atoms with Crippen LogP contribution in [0.5, 0.6) is 11.5 Å². The van der Waals surface area contributed by atoms with Gasteiger partial charge in [-0.25, -0.2) is 0 Å². The zero-order chi connectivity index (χ0) is 24.5. The first-order valence-electron chi connectivity index (χ1n) is 11.7. The lowest BCUT2D eigenvalue weighted by molar-refractivity contribution is 0.0547. The highest BCUT2D eigenvalue weighted by Gasteiger charge is 2.46. The number of Topliss-reactive ketones (excluding diaryl/α,β-unsaturated/α-hetero) is 2. The molecular formula is C31H26O4. The van der Waals surface area contributed by atoms with Crippen molar-refractivity contribution < 1.29 is 19.4 Å². The molecule has 0 bridgehead atoms. The number of fused-ring (bicyclic) bond motifs is 1. The van der Waals surface area contributed by atoms with Gasteiger partial charge in [-0.05, 0) is 49.2 Å². The van der Waals surface area contributed by atoms with E-state index in [0.717, 1.165) is 16.7 Å². The van der Waals surface area contributed by atoms with Crippen molar-refractivity contribution in [1.82, 2.24) is 0 Å². The minimum absolute atomic E-state index is 0.0989. The monoisotopic (exact) mass is 462 g/mol. The van der Waals surface area contributed by atoms with Crippen molar-refractivity contribution >= 4 is 11.6 Å². The quantitative estimate of drug-likeness (QED) is 0.339. The molecule has 1 N–H and O–H groups in total. The summed E-state index contributed by atoms with van der Waals surface area (Å²) in [5, 5.41) is 10.6. The van der Waals surface area contributed by atoms with E-state index in [4.69, 9.17) is 4.74 Å². The highest BCUT2D eigenvalue weighted by atomic mass is 16.5. The van der Waals surface area contributed by atoms with Crippen molar-refractivity contribution in [3.8, 4) is 11.5 Å². The van der Waals surface area contributed by atoms with Gasteiger partial charge in [-0.1, -0.05) is 83.9 Å². The van der Waals surface area contributed by atoms with Gasteiger partial charge in [0, 0.05) is 0 Å². The third-order valence-electron chi connectivity index (χ3n) is 6.63. The van der Waals surface area contributed by atoms with Crippen molar-refractivity contribution in [3.05, 3.63) is 130 Å². The molecule has 4 nitrogen and oxygen atoms in total. The van der Waals surface area contributed by atoms with E-state index in [-0.39, 0.29) is 22.9 Å². The Kier molecular flexibility index (Phi) is 5.96. The van der Waals surface area contributed by atoms with Crippen LogP contribution < -0.4 is 4.74 Å². The summed E-state index contributed by atoms with van der Waals surface area (Å²) < 4.78 is 6.46. The Labute approximate surface area is 204 Å². The van der Waals surface area contributed by atoms with E-state index in [1.54, 1.807) is 12.1 Å². The zero-order valence-electron chi connectivity index (χ0n) is 19.6. The molecule has 0 aromatic heterocycles. The van der Waals surface area contributed by atoms with E-state index >= 15 is 0 Å². The van der Waals surface area contributed by atoms with Crippen molar-refractivity contribution in [2.24, 2.45) is 5.92 Å². The van der Waals surface area contributed by atoms with E-state index in [1.165, 1.54) is 6.07 Å². The number of phenols is 1. The number of phenolic OH excluding ortho intramolecular Hbond substituents is 1. The van der Waals surface area contributed by atoms with E-state index in [9.17, 15) is 14.7 Å². The third-order valence-corrected chi connectivity index (χ3v) is 6.63. The molecule has 0 amide bonds. The predicted molar refractivity (Wildman–Crippen MR) is 135 cm³/mol. The fourth-order valence-corrected chi connectivity index (χ4v) is 4.91. The van der Waals surface area contributed by atoms with Crippen LogP contribution in [0.2, 0.25) is 0 Å². The normalized spacial score (nSPS) is 17.8. The number of carbonyl (C=O) groups excluding carboxylic acids is 2. The average molecular weight is 463 g/mol. The van der Waals surface area contributed by atoms with Crippen molar-refractivity contribution in [2.75, 3.05) is 0 Å². The van der Waals surface area contributed by atoms with Crippen LogP contribution in [0.4, 0.5) is 0 Å². The van der Waals surface area contributed by atoms with Gasteiger partial charge in [-0.3, -0.25) is 9.59 Å². The fourth-order valence-electron chi connectivity index (χ4n) is 4.91. The molecule has 4 heteroatoms. The lowest BCUT2D eigenvalue weighted by atomic mass is 9.71. The fraction of sp³-hybridized carbons (Fsp3) is 0.161. The molecular weight excluding hydrogens is 436 g/mol. The van der Waals surface area contributed by atoms with E-state index < -0.39 is 17.9 Å². The van der Waals surface area contributed by atoms with Crippen LogP contribution in [-0.4, -0.2) is 16.7 Å². The van der Waals surface area contributed by atoms with Gasteiger partial charge in [0.05, 0.1) is 23.0 Å². The second-order valence-corrected chi connectivity index (χ2v) is 9.11. The Hall–Kier alpha value is -4.18. The molecule has 1 aliphatic heterocycles. The number of benzene rings is 4. The highest BCUT2D eigenvalue weighted by Crippen LogP contribution is 2.47. The van der Waals surface area contributed by atoms with Crippen LogP contribution in [0.15, 0.2) is 97.1 Å². The Balaban J connectivity index is 1.73. The molecule has 5 rings (SSSR count). The summed E-state index contributed by atoms with van der Waals surface area (Å²) in [5.74, 6) is -1.70. The van der Waals surface area contributed by atoms with Crippen LogP contribution in [0.3, 0.4) is 0 Å². The summed E-state index contributed by atoms with van der Waals surface area (Å²) in [4.78, 5) is 28.3. The van der Waals surface area contributed by atoms with Crippen LogP contribution in [0.1, 0.15) is 55.0 Å². The number of carbonyl (C=O) groups is 2. The molecule has 0 fully saturated rings. The molecule has 174 valence electrons. The highest BCUT2D eigenvalue weighted by molar-refractivity contribution is 6.10. The standard InChI is InChI=1S/C31H26O4/c1-19-13-15-25(32)23(17-19)29(33)27(21-9-5-3-6-10-21)28-30(34)24-18-20(2)14-16-26(24)35-31(28)22-11-7-4-8-12-22/h3-18,27-28,31-32H,1-2H3/t27-,28-,31+/m0/s1. The second kappa shape index (κ2) is 9.22. The molecule has 4 aromatic carbocycles. The van der Waals surface area contributed by atoms with Gasteiger partial charge in [0.15, 0.2) is 11.6 Å². The second-order valence-electron chi connectivity index (χ2n) is 9.11. The van der Waals surface area contributed by atoms with Crippen LogP contribution in [0, 0.1) is 19.8 Å². The lowest BCUT2D eigenvalue weighted by Crippen LogP contribution is -2.39. The smallest absolute Gasteiger partial charge is 0.174 e. The lowest BCUT2D eigenvalue weighted by Gasteiger charge is -2.37. The number of aryl methyl sites for hydroxylation is 2. The summed E-state index contributed by atoms with van der Waals surface area (Å²) >= 11 is 0. The molecule has 0 spiro atoms. The summed E-state index contributed by atoms with van der Waals surface area (Å²) in [6, 6.07) is 29.4. The van der Waals surface area contributed by atoms with Gasteiger partial charge < -0.3 is 9.84 Å². The largest absolute Gasteiger partial charge is 0.507 e. The van der Waals surface area contributed by atoms with Crippen molar-refractivity contribution in [3.63, 3.8) is 0 Å². The molecule has 0 aliphatic carbocycles. The minimum Gasteiger partial charge on any atom is -0.507 e. The summed E-state index contributed by atoms with van der Waals surface area (Å²) in [6.07, 6.45) is -0.667. The Morgan fingerprint density at radius 1 is 0.829 bits per heavy atom. The summed E-state index contributed by atoms with van der Waals surface area (Å²) in [6.45, 7) is 3.80. The molecule has 0 saturated carbocycles. The molecule has 3 atom stereocenters. The number of ketones is 2. The van der Waals surface area contributed by atoms with Crippen molar-refractivity contribution in [2.45, 2.75) is 25.9 Å². The Morgan fingerprint density at radius 3 is 2.17 bits per heavy atom. The topological polar surface area (TPSA) is 63.6 Å². The molecule has 35 heavy (non-hydrogen) atoms. The first-order chi connectivity index (χ1) is 16.9. The van der Waals surface area contributed by atoms with Crippen molar-refractivity contribution in [1.29, 1.82) is 0 Å². The van der Waals surface area contributed by atoms with Crippen LogP contribution in [-0.2, 0) is 0 Å². The molecule has 0 unspecified atom stereocenters. The summed E-state index contributed by atoms with van der Waals surface area (Å²) in [7, 11) is 0. The van der Waals surface area contributed by atoms with Crippen LogP contribution in [0.25, 0.3) is 0 Å². The predicted octanol–water partition coefficient (Wildman–Crippen LogP) is 6.61. The third kappa shape index (κ3) is 4.24. The Morgan fingerprint density at radius 2 is 1.46 bits per heavy atom. The number of hydrogen-bond donors (Lipinski definition) is 1. The molecule has 1 aliphatic rings. The molecule has 0 saturated heterocycles. The number of aromatic hydroxyl groups is 1. The van der Waals surface area contributed by atoms with Gasteiger partial charge in [0.1, 0.15) is 17.6 Å². The molecule has 4 aromatic rings. The first-order valence-corrected chi connectivity index (χ1v) is 11.7. The minimum atomic E-state index is -0.852. The van der Waals surface area contributed by atoms with E-state index in [0.29, 0.717) is 16.9 Å². The van der Waals surface area contributed by atoms with Crippen LogP contribution >= 0.6 is 0 Å². The zero-order valence-corrected chi connectivity index (χ0v) is 19.6. The maximum absolute atomic E-state index is 14.2. The van der Waals surface area contributed by atoms with Gasteiger partial charge in [-0.15, -0.1) is 0 Å². The number of hydrogen-bond acceptors (Lipinski definition) is 4. The van der Waals surface area contributed by atoms with E-state index in [1.807, 2.05) is 92.7 Å². The average Bonchev–Trinajstić information content (AvgIpc) is 2.88. The first kappa shape index (κ1) is 22.6. The van der Waals surface area contributed by atoms with E-state index in [2.05, 4.69) is 0 Å². The molecule has 0 radical (unpaired) electrons. The van der Waals surface area contributed by atoms with Gasteiger partial charge in [-0.2, -0.15) is 0 Å². The van der Waals surface area contributed by atoms with Gasteiger partial charge >= 0.3 is 0 Å². The maximum atomic E-state index is 14.2. The SMILES string of the molecule is Cc1ccc(O)c(C(=O)[C@@H](c2ccccc2)[C@H]2C(=O)c3cc(C)ccc3O[C@@H]2c2ccccc2)c1. The number of ether oxygens (including phenoxy) is 1. The van der Waals surface area contributed by atoms with Gasteiger partial charge in [0.25, 0.3) is 0 Å². The summed E-state index contributed by atoms with van der Waals surface area (Å²) in [5.41, 5.74) is 4.00. The van der Waals surface area contributed by atoms with Gasteiger partial charge in [0.2, 0.25) is 0 Å².